The third-order valence-electron chi connectivity index (χ3n) is 4.54. The van der Waals surface area contributed by atoms with Gasteiger partial charge in [0.1, 0.15) is 0 Å². The molecule has 0 amide bonds. The zero-order valence-corrected chi connectivity index (χ0v) is 17.7. The monoisotopic (exact) mass is 439 g/mol. The van der Waals surface area contributed by atoms with Crippen LogP contribution in [0.3, 0.4) is 0 Å². The summed E-state index contributed by atoms with van der Waals surface area (Å²) in [6.45, 7) is 0.910. The van der Waals surface area contributed by atoms with Crippen LogP contribution in [0.1, 0.15) is 42.2 Å². The number of esters is 1. The highest BCUT2D eigenvalue weighted by Crippen LogP contribution is 2.15. The number of ether oxygens (including phenoxy) is 1. The van der Waals surface area contributed by atoms with Crippen molar-refractivity contribution >= 4 is 23.9 Å². The first kappa shape index (κ1) is 26.0. The van der Waals surface area contributed by atoms with Crippen molar-refractivity contribution in [1.82, 2.24) is 14.8 Å². The Morgan fingerprint density at radius 3 is 2.10 bits per heavy atom. The predicted molar refractivity (Wildman–Crippen MR) is 109 cm³/mol. The molecule has 31 heavy (non-hydrogen) atoms. The Balaban J connectivity index is 3.10. The Kier molecular flexibility index (Phi) is 11.1. The second-order valence-corrected chi connectivity index (χ2v) is 7.08. The predicted octanol–water partition coefficient (Wildman–Crippen LogP) is 0.785. The molecule has 0 aliphatic heterocycles. The summed E-state index contributed by atoms with van der Waals surface area (Å²) in [5.74, 6) is -3.95. The summed E-state index contributed by atoms with van der Waals surface area (Å²) in [6, 6.07) is 2.70. The van der Waals surface area contributed by atoms with E-state index in [1.54, 1.807) is 11.0 Å². The van der Waals surface area contributed by atoms with Gasteiger partial charge in [-0.05, 0) is 18.6 Å². The third kappa shape index (κ3) is 10.0. The summed E-state index contributed by atoms with van der Waals surface area (Å²) in [4.78, 5) is 52.4. The lowest BCUT2D eigenvalue weighted by atomic mass is 10.1. The summed E-state index contributed by atoms with van der Waals surface area (Å²) >= 11 is 0. The number of aromatic nitrogens is 1. The lowest BCUT2D eigenvalue weighted by Crippen LogP contribution is -2.48. The van der Waals surface area contributed by atoms with Crippen LogP contribution < -0.4 is 0 Å². The molecule has 3 N–H and O–H groups in total. The average molecular weight is 439 g/mol. The molecule has 1 heterocycles. The lowest BCUT2D eigenvalue weighted by Gasteiger charge is -2.33. The number of hydrogen-bond donors (Lipinski definition) is 3. The van der Waals surface area contributed by atoms with E-state index >= 15 is 0 Å². The van der Waals surface area contributed by atoms with Gasteiger partial charge >= 0.3 is 23.9 Å². The SMILES string of the molecule is CCCCC(CN(CC(=O)O)CC(=O)O)N(CC(=O)O)Cc1ccc(C(=O)OC)cn1. The molecule has 0 bridgehead atoms. The minimum atomic E-state index is -1.17. The van der Waals surface area contributed by atoms with E-state index in [-0.39, 0.29) is 25.2 Å². The van der Waals surface area contributed by atoms with Crippen LogP contribution >= 0.6 is 0 Å². The minimum Gasteiger partial charge on any atom is -0.480 e. The smallest absolute Gasteiger partial charge is 0.339 e. The van der Waals surface area contributed by atoms with Crippen LogP contribution in [0.4, 0.5) is 0 Å². The Hall–Kier alpha value is -3.05. The number of carbonyl (C=O) groups is 4. The quantitative estimate of drug-likeness (QED) is 0.332. The molecule has 0 fully saturated rings. The van der Waals surface area contributed by atoms with Crippen molar-refractivity contribution in [2.24, 2.45) is 0 Å². The van der Waals surface area contributed by atoms with E-state index in [0.717, 1.165) is 12.8 Å². The van der Waals surface area contributed by atoms with E-state index in [2.05, 4.69) is 9.72 Å². The Morgan fingerprint density at radius 1 is 1.03 bits per heavy atom. The van der Waals surface area contributed by atoms with Crippen molar-refractivity contribution in [1.29, 1.82) is 0 Å². The van der Waals surface area contributed by atoms with Gasteiger partial charge in [0.2, 0.25) is 0 Å². The molecule has 0 aliphatic carbocycles. The van der Waals surface area contributed by atoms with Crippen LogP contribution in [0.2, 0.25) is 0 Å². The van der Waals surface area contributed by atoms with Crippen LogP contribution in [0.25, 0.3) is 0 Å². The van der Waals surface area contributed by atoms with Gasteiger partial charge in [0.05, 0.1) is 38.0 Å². The van der Waals surface area contributed by atoms with Crippen molar-refractivity contribution in [2.75, 3.05) is 33.3 Å². The molecule has 1 aromatic heterocycles. The van der Waals surface area contributed by atoms with E-state index in [9.17, 15) is 24.3 Å². The van der Waals surface area contributed by atoms with Crippen LogP contribution in [-0.4, -0.2) is 93.3 Å². The first-order valence-corrected chi connectivity index (χ1v) is 9.81. The van der Waals surface area contributed by atoms with Gasteiger partial charge in [-0.2, -0.15) is 0 Å². The fraction of sp³-hybridized carbons (Fsp3) is 0.550. The molecule has 1 atom stereocenters. The van der Waals surface area contributed by atoms with Crippen LogP contribution in [0.5, 0.6) is 0 Å². The van der Waals surface area contributed by atoms with Crippen LogP contribution in [0.15, 0.2) is 18.3 Å². The van der Waals surface area contributed by atoms with Crippen molar-refractivity contribution in [3.63, 3.8) is 0 Å². The molecule has 0 saturated heterocycles. The standard InChI is InChI=1S/C20H29N3O8/c1-3-4-5-16(10-22(11-17(24)25)12-18(26)27)23(13-19(28)29)9-15-7-6-14(8-21-15)20(30)31-2/h6-8,16H,3-5,9-13H2,1-2H3,(H,24,25)(H,26,27)(H,28,29). The molecular weight excluding hydrogens is 410 g/mol. The number of rotatable bonds is 15. The van der Waals surface area contributed by atoms with Gasteiger partial charge in [-0.15, -0.1) is 0 Å². The number of aliphatic carboxylic acids is 3. The van der Waals surface area contributed by atoms with Gasteiger partial charge in [0, 0.05) is 25.3 Å². The molecule has 172 valence electrons. The molecule has 0 spiro atoms. The molecule has 1 unspecified atom stereocenters. The number of carbonyl (C=O) groups excluding carboxylic acids is 1. The molecule has 0 aliphatic rings. The molecule has 0 aromatic carbocycles. The highest BCUT2D eigenvalue weighted by molar-refractivity contribution is 5.88. The van der Waals surface area contributed by atoms with Gasteiger partial charge in [0.15, 0.2) is 0 Å². The molecule has 11 heteroatoms. The number of carboxylic acids is 3. The summed E-state index contributed by atoms with van der Waals surface area (Å²) in [7, 11) is 1.25. The van der Waals surface area contributed by atoms with E-state index < -0.39 is 43.0 Å². The normalized spacial score (nSPS) is 12.0. The maximum Gasteiger partial charge on any atom is 0.339 e. The highest BCUT2D eigenvalue weighted by Gasteiger charge is 2.26. The Bertz CT molecular complexity index is 737. The number of unbranched alkanes of at least 4 members (excludes halogenated alkanes) is 1. The second-order valence-electron chi connectivity index (χ2n) is 7.08. The zero-order chi connectivity index (χ0) is 23.4. The average Bonchev–Trinajstić information content (AvgIpc) is 2.69. The number of methoxy groups -OCH3 is 1. The van der Waals surface area contributed by atoms with Crippen molar-refractivity contribution in [2.45, 2.75) is 38.8 Å². The van der Waals surface area contributed by atoms with E-state index in [1.165, 1.54) is 24.3 Å². The van der Waals surface area contributed by atoms with Crippen molar-refractivity contribution in [3.8, 4) is 0 Å². The van der Waals surface area contributed by atoms with Gasteiger partial charge < -0.3 is 20.1 Å². The molecular formula is C20H29N3O8. The highest BCUT2D eigenvalue weighted by atomic mass is 16.5. The first-order valence-electron chi connectivity index (χ1n) is 9.81. The summed E-state index contributed by atoms with van der Waals surface area (Å²) in [5, 5.41) is 27.6. The third-order valence-corrected chi connectivity index (χ3v) is 4.54. The van der Waals surface area contributed by atoms with Crippen molar-refractivity contribution < 1.29 is 39.2 Å². The van der Waals surface area contributed by atoms with Gasteiger partial charge in [-0.3, -0.25) is 29.2 Å². The lowest BCUT2D eigenvalue weighted by molar-refractivity contribution is -0.144. The van der Waals surface area contributed by atoms with Gasteiger partial charge in [-0.1, -0.05) is 19.8 Å². The fourth-order valence-corrected chi connectivity index (χ4v) is 3.15. The number of hydrogen-bond acceptors (Lipinski definition) is 8. The number of pyridine rings is 1. The molecule has 11 nitrogen and oxygen atoms in total. The Morgan fingerprint density at radius 2 is 1.65 bits per heavy atom. The largest absolute Gasteiger partial charge is 0.480 e. The maximum absolute atomic E-state index is 11.6. The zero-order valence-electron chi connectivity index (χ0n) is 17.7. The molecule has 1 aromatic rings. The van der Waals surface area contributed by atoms with Crippen LogP contribution in [0, 0.1) is 0 Å². The second kappa shape index (κ2) is 13.3. The molecule has 1 rings (SSSR count). The molecule has 0 saturated carbocycles. The number of carboxylic acid groups (broad SMARTS) is 3. The summed E-state index contributed by atoms with van der Waals surface area (Å²) < 4.78 is 4.63. The first-order chi connectivity index (χ1) is 14.7. The molecule has 0 radical (unpaired) electrons. The van der Waals surface area contributed by atoms with Crippen LogP contribution in [-0.2, 0) is 25.7 Å². The summed E-state index contributed by atoms with van der Waals surface area (Å²) in [5.41, 5.74) is 0.770. The Labute approximate surface area is 180 Å². The van der Waals surface area contributed by atoms with E-state index in [4.69, 9.17) is 10.2 Å². The van der Waals surface area contributed by atoms with Gasteiger partial charge in [-0.25, -0.2) is 4.79 Å². The maximum atomic E-state index is 11.6. The minimum absolute atomic E-state index is 0.0755. The van der Waals surface area contributed by atoms with E-state index in [0.29, 0.717) is 12.1 Å². The van der Waals surface area contributed by atoms with Gasteiger partial charge in [0.25, 0.3) is 0 Å². The number of nitrogens with zero attached hydrogens (tertiary/aromatic N) is 3. The summed E-state index contributed by atoms with van der Waals surface area (Å²) in [6.07, 6.45) is 3.48. The van der Waals surface area contributed by atoms with Crippen molar-refractivity contribution in [3.05, 3.63) is 29.6 Å². The fourth-order valence-electron chi connectivity index (χ4n) is 3.15. The van der Waals surface area contributed by atoms with E-state index in [1.807, 2.05) is 6.92 Å². The topological polar surface area (TPSA) is 158 Å².